The van der Waals surface area contributed by atoms with Crippen LogP contribution in [0.1, 0.15) is 18.4 Å². The second kappa shape index (κ2) is 12.0. The van der Waals surface area contributed by atoms with Gasteiger partial charge in [-0.25, -0.2) is 8.42 Å². The van der Waals surface area contributed by atoms with Crippen LogP contribution in [0.2, 0.25) is 0 Å². The highest BCUT2D eigenvalue weighted by Crippen LogP contribution is 2.20. The third-order valence-electron chi connectivity index (χ3n) is 4.91. The van der Waals surface area contributed by atoms with E-state index < -0.39 is 9.84 Å². The van der Waals surface area contributed by atoms with E-state index in [0.717, 1.165) is 11.3 Å². The molecule has 0 radical (unpaired) electrons. The zero-order chi connectivity index (χ0) is 21.4. The normalized spacial score (nSPS) is 16.7. The van der Waals surface area contributed by atoms with Gasteiger partial charge in [0.15, 0.2) is 15.8 Å². The van der Waals surface area contributed by atoms with Gasteiger partial charge in [-0.1, -0.05) is 48.5 Å². The highest BCUT2D eigenvalue weighted by Gasteiger charge is 2.31. The SMILES string of the molecule is CN=C(NCCCS(=O)(=O)Cc1ccccc1)NC1CC(=O)N(c2ccccc2)C1.I. The number of anilines is 1. The molecule has 7 nitrogen and oxygen atoms in total. The Morgan fingerprint density at radius 3 is 2.39 bits per heavy atom. The van der Waals surface area contributed by atoms with Gasteiger partial charge >= 0.3 is 0 Å². The molecule has 1 aliphatic rings. The average molecular weight is 556 g/mol. The third-order valence-corrected chi connectivity index (χ3v) is 6.60. The highest BCUT2D eigenvalue weighted by atomic mass is 127. The fraction of sp³-hybridized carbons (Fsp3) is 0.364. The van der Waals surface area contributed by atoms with E-state index in [1.165, 1.54) is 0 Å². The van der Waals surface area contributed by atoms with Gasteiger partial charge in [-0.3, -0.25) is 9.79 Å². The highest BCUT2D eigenvalue weighted by molar-refractivity contribution is 14.0. The molecule has 1 atom stereocenters. The monoisotopic (exact) mass is 556 g/mol. The minimum Gasteiger partial charge on any atom is -0.356 e. The molecule has 2 aromatic rings. The maximum Gasteiger partial charge on any atom is 0.229 e. The van der Waals surface area contributed by atoms with E-state index in [-0.39, 0.29) is 47.4 Å². The predicted octanol–water partition coefficient (Wildman–Crippen LogP) is 2.58. The lowest BCUT2D eigenvalue weighted by atomic mass is 10.2. The number of benzene rings is 2. The molecule has 0 aliphatic carbocycles. The number of para-hydroxylation sites is 1. The van der Waals surface area contributed by atoms with Gasteiger partial charge in [0.25, 0.3) is 0 Å². The standard InChI is InChI=1S/C22H28N4O3S.HI/c1-23-22(24-13-8-14-30(28,29)17-18-9-4-2-5-10-18)25-19-15-21(27)26(16-19)20-11-6-3-7-12-20;/h2-7,9-12,19H,8,13-17H2,1H3,(H2,23,24,25);1H. The molecule has 0 bridgehead atoms. The van der Waals surface area contributed by atoms with E-state index in [0.29, 0.717) is 31.9 Å². The van der Waals surface area contributed by atoms with E-state index in [9.17, 15) is 13.2 Å². The Labute approximate surface area is 201 Å². The minimum atomic E-state index is -3.16. The summed E-state index contributed by atoms with van der Waals surface area (Å²) in [6, 6.07) is 18.7. The smallest absolute Gasteiger partial charge is 0.229 e. The van der Waals surface area contributed by atoms with Crippen molar-refractivity contribution in [2.45, 2.75) is 24.6 Å². The Bertz CT molecular complexity index is 969. The number of hydrogen-bond acceptors (Lipinski definition) is 4. The molecule has 3 rings (SSSR count). The number of nitrogens with zero attached hydrogens (tertiary/aromatic N) is 2. The van der Waals surface area contributed by atoms with E-state index in [2.05, 4.69) is 15.6 Å². The molecule has 168 valence electrons. The molecule has 0 aromatic heterocycles. The van der Waals surface area contributed by atoms with E-state index in [1.807, 2.05) is 60.7 Å². The van der Waals surface area contributed by atoms with Gasteiger partial charge in [-0.05, 0) is 24.1 Å². The summed E-state index contributed by atoms with van der Waals surface area (Å²) < 4.78 is 24.6. The van der Waals surface area contributed by atoms with Gasteiger partial charge in [-0.2, -0.15) is 0 Å². The third kappa shape index (κ3) is 7.80. The predicted molar refractivity (Wildman–Crippen MR) is 136 cm³/mol. The second-order valence-corrected chi connectivity index (χ2v) is 9.50. The van der Waals surface area contributed by atoms with Gasteiger partial charge in [-0.15, -0.1) is 24.0 Å². The first-order valence-corrected chi connectivity index (χ1v) is 11.9. The quantitative estimate of drug-likeness (QED) is 0.226. The maximum atomic E-state index is 12.3. The lowest BCUT2D eigenvalue weighted by Gasteiger charge is -2.19. The summed E-state index contributed by atoms with van der Waals surface area (Å²) in [6.45, 7) is 1.05. The summed E-state index contributed by atoms with van der Waals surface area (Å²) in [4.78, 5) is 18.3. The summed E-state index contributed by atoms with van der Waals surface area (Å²) in [5.41, 5.74) is 1.69. The number of carbonyl (C=O) groups excluding carboxylic acids is 1. The first kappa shape index (κ1) is 25.1. The van der Waals surface area contributed by atoms with Crippen LogP contribution in [-0.2, 0) is 20.4 Å². The Morgan fingerprint density at radius 2 is 1.74 bits per heavy atom. The van der Waals surface area contributed by atoms with Crippen molar-refractivity contribution >= 4 is 51.4 Å². The van der Waals surface area contributed by atoms with Crippen LogP contribution >= 0.6 is 24.0 Å². The fourth-order valence-corrected chi connectivity index (χ4v) is 4.88. The summed E-state index contributed by atoms with van der Waals surface area (Å²) in [5, 5.41) is 6.41. The molecule has 1 fully saturated rings. The fourth-order valence-electron chi connectivity index (χ4n) is 3.45. The number of halogens is 1. The van der Waals surface area contributed by atoms with Crippen LogP contribution in [0.5, 0.6) is 0 Å². The molecular formula is C22H29IN4O3S. The Hall–Kier alpha value is -2.14. The van der Waals surface area contributed by atoms with Crippen molar-refractivity contribution in [1.82, 2.24) is 10.6 Å². The lowest BCUT2D eigenvalue weighted by Crippen LogP contribution is -2.45. The average Bonchev–Trinajstić information content (AvgIpc) is 3.11. The molecule has 1 amide bonds. The van der Waals surface area contributed by atoms with Crippen LogP contribution < -0.4 is 15.5 Å². The van der Waals surface area contributed by atoms with Crippen LogP contribution in [0.4, 0.5) is 5.69 Å². The second-order valence-electron chi connectivity index (χ2n) is 7.32. The summed E-state index contributed by atoms with van der Waals surface area (Å²) in [7, 11) is -1.50. The first-order valence-electron chi connectivity index (χ1n) is 10.0. The number of sulfone groups is 1. The number of hydrogen-bond donors (Lipinski definition) is 2. The van der Waals surface area contributed by atoms with Crippen molar-refractivity contribution in [3.8, 4) is 0 Å². The van der Waals surface area contributed by atoms with Crippen LogP contribution in [0.25, 0.3) is 0 Å². The molecule has 1 heterocycles. The lowest BCUT2D eigenvalue weighted by molar-refractivity contribution is -0.117. The van der Waals surface area contributed by atoms with Crippen LogP contribution in [0.3, 0.4) is 0 Å². The Kier molecular flexibility index (Phi) is 9.76. The zero-order valence-corrected chi connectivity index (χ0v) is 20.7. The number of nitrogens with one attached hydrogen (secondary N) is 2. The number of guanidine groups is 1. The Morgan fingerprint density at radius 1 is 1.10 bits per heavy atom. The van der Waals surface area contributed by atoms with E-state index >= 15 is 0 Å². The van der Waals surface area contributed by atoms with Crippen LogP contribution in [0, 0.1) is 0 Å². The van der Waals surface area contributed by atoms with Crippen molar-refractivity contribution in [1.29, 1.82) is 0 Å². The van der Waals surface area contributed by atoms with Gasteiger partial charge in [0.05, 0.1) is 17.5 Å². The van der Waals surface area contributed by atoms with Crippen LogP contribution in [0.15, 0.2) is 65.7 Å². The molecular weight excluding hydrogens is 527 g/mol. The van der Waals surface area contributed by atoms with Crippen LogP contribution in [-0.4, -0.2) is 52.2 Å². The summed E-state index contributed by atoms with van der Waals surface area (Å²) >= 11 is 0. The van der Waals surface area contributed by atoms with E-state index in [1.54, 1.807) is 11.9 Å². The van der Waals surface area contributed by atoms with Gasteiger partial charge in [0.1, 0.15) is 0 Å². The first-order chi connectivity index (χ1) is 14.5. The zero-order valence-electron chi connectivity index (χ0n) is 17.5. The topological polar surface area (TPSA) is 90.9 Å². The molecule has 0 saturated carbocycles. The molecule has 9 heteroatoms. The number of amides is 1. The number of carbonyl (C=O) groups is 1. The molecule has 1 aliphatic heterocycles. The van der Waals surface area contributed by atoms with Crippen molar-refractivity contribution in [3.63, 3.8) is 0 Å². The van der Waals surface area contributed by atoms with Crippen molar-refractivity contribution < 1.29 is 13.2 Å². The molecule has 2 N–H and O–H groups in total. The van der Waals surface area contributed by atoms with Crippen molar-refractivity contribution in [2.75, 3.05) is 30.8 Å². The molecule has 1 saturated heterocycles. The number of aliphatic imine (C=N–C) groups is 1. The van der Waals surface area contributed by atoms with E-state index in [4.69, 9.17) is 0 Å². The molecule has 0 spiro atoms. The van der Waals surface area contributed by atoms with Gasteiger partial charge < -0.3 is 15.5 Å². The maximum absolute atomic E-state index is 12.3. The summed E-state index contributed by atoms with van der Waals surface area (Å²) in [5.74, 6) is 0.806. The minimum absolute atomic E-state index is 0. The molecule has 31 heavy (non-hydrogen) atoms. The van der Waals surface area contributed by atoms with Crippen molar-refractivity contribution in [2.24, 2.45) is 4.99 Å². The summed E-state index contributed by atoms with van der Waals surface area (Å²) in [6.07, 6.45) is 0.872. The largest absolute Gasteiger partial charge is 0.356 e. The Balaban J connectivity index is 0.00000341. The van der Waals surface area contributed by atoms with Gasteiger partial charge in [0, 0.05) is 32.2 Å². The van der Waals surface area contributed by atoms with Gasteiger partial charge in [0.2, 0.25) is 5.91 Å². The number of rotatable bonds is 8. The molecule has 2 aromatic carbocycles. The molecule has 1 unspecified atom stereocenters. The van der Waals surface area contributed by atoms with Crippen molar-refractivity contribution in [3.05, 3.63) is 66.2 Å².